The molecule has 4 rings (SSSR count). The first kappa shape index (κ1) is 18.2. The van der Waals surface area contributed by atoms with E-state index in [9.17, 15) is 4.79 Å². The van der Waals surface area contributed by atoms with Gasteiger partial charge in [0.2, 0.25) is 5.91 Å². The first-order valence-electron chi connectivity index (χ1n) is 10.1. The van der Waals surface area contributed by atoms with Gasteiger partial charge >= 0.3 is 0 Å². The number of nitrogens with zero attached hydrogens (tertiary/aromatic N) is 5. The van der Waals surface area contributed by atoms with Crippen molar-refractivity contribution in [3.05, 3.63) is 48.0 Å². The zero-order valence-electron chi connectivity index (χ0n) is 16.1. The van der Waals surface area contributed by atoms with Gasteiger partial charge in [0.25, 0.3) is 0 Å². The lowest BCUT2D eigenvalue weighted by Gasteiger charge is -2.40. The van der Waals surface area contributed by atoms with Crippen LogP contribution in [0.2, 0.25) is 0 Å². The van der Waals surface area contributed by atoms with Crippen LogP contribution in [0.1, 0.15) is 49.4 Å². The van der Waals surface area contributed by atoms with Gasteiger partial charge in [0.15, 0.2) is 0 Å². The zero-order chi connectivity index (χ0) is 18.6. The Morgan fingerprint density at radius 2 is 1.85 bits per heavy atom. The molecule has 0 saturated carbocycles. The van der Waals surface area contributed by atoms with Crippen LogP contribution in [0.3, 0.4) is 0 Å². The van der Waals surface area contributed by atoms with Crippen LogP contribution >= 0.6 is 0 Å². The molecule has 6 nitrogen and oxygen atoms in total. The summed E-state index contributed by atoms with van der Waals surface area (Å²) in [5, 5.41) is 8.26. The highest BCUT2D eigenvalue weighted by Gasteiger charge is 2.34. The zero-order valence-corrected chi connectivity index (χ0v) is 16.1. The molecule has 6 heteroatoms. The summed E-state index contributed by atoms with van der Waals surface area (Å²) < 4.78 is 2.00. The second-order valence-electron chi connectivity index (χ2n) is 7.87. The minimum atomic E-state index is 0.0327. The molecule has 27 heavy (non-hydrogen) atoms. The number of amides is 1. The van der Waals surface area contributed by atoms with E-state index in [0.29, 0.717) is 11.8 Å². The normalized spacial score (nSPS) is 22.1. The highest BCUT2D eigenvalue weighted by molar-refractivity contribution is 5.82. The fourth-order valence-electron chi connectivity index (χ4n) is 4.51. The van der Waals surface area contributed by atoms with E-state index in [1.165, 1.54) is 12.0 Å². The lowest BCUT2D eigenvalue weighted by molar-refractivity contribution is -0.139. The number of carbonyl (C=O) groups excluding carboxylic acids is 1. The van der Waals surface area contributed by atoms with Crippen LogP contribution in [0, 0.1) is 0 Å². The lowest BCUT2D eigenvalue weighted by Crippen LogP contribution is -2.52. The number of rotatable bonds is 4. The minimum Gasteiger partial charge on any atom is -0.341 e. The fourth-order valence-corrected chi connectivity index (χ4v) is 4.51. The summed E-state index contributed by atoms with van der Waals surface area (Å²) in [5.41, 5.74) is 1.29. The van der Waals surface area contributed by atoms with Crippen molar-refractivity contribution in [3.8, 4) is 0 Å². The molecule has 2 saturated heterocycles. The standard InChI is InChI=1S/C21H29N5O/c1-24-16-22-23-20(24)18-10-13-25(14-11-18)21(27)19-9-5-6-12-26(19)15-17-7-3-2-4-8-17/h2-4,7-8,16,18-19H,5-6,9-15H2,1H3. The predicted octanol–water partition coefficient (Wildman–Crippen LogP) is 2.58. The first-order chi connectivity index (χ1) is 13.2. The number of hydrogen-bond donors (Lipinski definition) is 0. The summed E-state index contributed by atoms with van der Waals surface area (Å²) in [5.74, 6) is 1.78. The van der Waals surface area contributed by atoms with E-state index in [-0.39, 0.29) is 6.04 Å². The van der Waals surface area contributed by atoms with Gasteiger partial charge < -0.3 is 9.47 Å². The third kappa shape index (κ3) is 4.05. The van der Waals surface area contributed by atoms with Gasteiger partial charge in [-0.3, -0.25) is 9.69 Å². The quantitative estimate of drug-likeness (QED) is 0.833. The molecule has 1 aromatic heterocycles. The van der Waals surface area contributed by atoms with Crippen LogP contribution in [-0.4, -0.2) is 56.1 Å². The summed E-state index contributed by atoms with van der Waals surface area (Å²) in [6.45, 7) is 3.53. The Labute approximate surface area is 161 Å². The molecule has 1 atom stereocenters. The van der Waals surface area contributed by atoms with Crippen molar-refractivity contribution < 1.29 is 4.79 Å². The van der Waals surface area contributed by atoms with Crippen LogP contribution in [0.25, 0.3) is 0 Å². The smallest absolute Gasteiger partial charge is 0.239 e. The van der Waals surface area contributed by atoms with Crippen LogP contribution in [0.5, 0.6) is 0 Å². The summed E-state index contributed by atoms with van der Waals surface area (Å²) >= 11 is 0. The Bertz CT molecular complexity index is 751. The van der Waals surface area contributed by atoms with E-state index in [2.05, 4.69) is 44.3 Å². The van der Waals surface area contributed by atoms with Crippen LogP contribution in [0.15, 0.2) is 36.7 Å². The molecule has 0 radical (unpaired) electrons. The lowest BCUT2D eigenvalue weighted by atomic mass is 9.94. The first-order valence-corrected chi connectivity index (χ1v) is 10.1. The Kier molecular flexibility index (Phi) is 5.53. The van der Waals surface area contributed by atoms with Crippen molar-refractivity contribution in [2.75, 3.05) is 19.6 Å². The van der Waals surface area contributed by atoms with Gasteiger partial charge in [-0.05, 0) is 37.8 Å². The molecule has 2 fully saturated rings. The van der Waals surface area contributed by atoms with Crippen LogP contribution in [-0.2, 0) is 18.4 Å². The van der Waals surface area contributed by atoms with Crippen molar-refractivity contribution in [3.63, 3.8) is 0 Å². The van der Waals surface area contributed by atoms with Gasteiger partial charge in [-0.15, -0.1) is 10.2 Å². The molecule has 1 aromatic carbocycles. The SMILES string of the molecule is Cn1cnnc1C1CCN(C(=O)C2CCCCN2Cc2ccccc2)CC1. The molecule has 2 aliphatic rings. The molecule has 1 unspecified atom stereocenters. The number of piperidine rings is 2. The Morgan fingerprint density at radius 3 is 2.56 bits per heavy atom. The maximum absolute atomic E-state index is 13.3. The summed E-state index contributed by atoms with van der Waals surface area (Å²) in [4.78, 5) is 17.7. The third-order valence-corrected chi connectivity index (χ3v) is 6.05. The molecule has 0 N–H and O–H groups in total. The van der Waals surface area contributed by atoms with Gasteiger partial charge in [-0.2, -0.15) is 0 Å². The number of aryl methyl sites for hydroxylation is 1. The maximum Gasteiger partial charge on any atom is 0.239 e. The number of benzene rings is 1. The highest BCUT2D eigenvalue weighted by atomic mass is 16.2. The van der Waals surface area contributed by atoms with Gasteiger partial charge in [0.05, 0.1) is 6.04 Å². The average Bonchev–Trinajstić information content (AvgIpc) is 3.15. The van der Waals surface area contributed by atoms with Crippen molar-refractivity contribution >= 4 is 5.91 Å². The van der Waals surface area contributed by atoms with Crippen molar-refractivity contribution in [1.82, 2.24) is 24.6 Å². The largest absolute Gasteiger partial charge is 0.341 e. The Hall–Kier alpha value is -2.21. The molecule has 0 bridgehead atoms. The fraction of sp³-hybridized carbons (Fsp3) is 0.571. The molecule has 2 aromatic rings. The van der Waals surface area contributed by atoms with Crippen LogP contribution in [0.4, 0.5) is 0 Å². The second-order valence-corrected chi connectivity index (χ2v) is 7.87. The molecule has 144 valence electrons. The Morgan fingerprint density at radius 1 is 1.07 bits per heavy atom. The molecule has 0 spiro atoms. The van der Waals surface area contributed by atoms with E-state index >= 15 is 0 Å². The van der Waals surface area contributed by atoms with Crippen molar-refractivity contribution in [1.29, 1.82) is 0 Å². The molecule has 2 aliphatic heterocycles. The minimum absolute atomic E-state index is 0.0327. The molecule has 3 heterocycles. The predicted molar refractivity (Wildman–Crippen MR) is 104 cm³/mol. The summed E-state index contributed by atoms with van der Waals surface area (Å²) in [7, 11) is 2.00. The van der Waals surface area contributed by atoms with Crippen molar-refractivity contribution in [2.24, 2.45) is 7.05 Å². The van der Waals surface area contributed by atoms with Gasteiger partial charge in [0, 0.05) is 32.6 Å². The average molecular weight is 367 g/mol. The summed E-state index contributed by atoms with van der Waals surface area (Å²) in [6, 6.07) is 10.5. The Balaban J connectivity index is 1.38. The van der Waals surface area contributed by atoms with E-state index < -0.39 is 0 Å². The van der Waals surface area contributed by atoms with Crippen LogP contribution < -0.4 is 0 Å². The van der Waals surface area contributed by atoms with Gasteiger partial charge in [0.1, 0.15) is 12.2 Å². The highest BCUT2D eigenvalue weighted by Crippen LogP contribution is 2.28. The molecular formula is C21H29N5O. The third-order valence-electron chi connectivity index (χ3n) is 6.05. The number of carbonyl (C=O) groups is 1. The van der Waals surface area contributed by atoms with E-state index in [4.69, 9.17) is 0 Å². The monoisotopic (exact) mass is 367 g/mol. The number of hydrogen-bond acceptors (Lipinski definition) is 4. The molecule has 0 aliphatic carbocycles. The number of aromatic nitrogens is 3. The summed E-state index contributed by atoms with van der Waals surface area (Å²) in [6.07, 6.45) is 7.03. The number of likely N-dealkylation sites (tertiary alicyclic amines) is 2. The van der Waals surface area contributed by atoms with E-state index in [1.807, 2.05) is 17.7 Å². The van der Waals surface area contributed by atoms with Gasteiger partial charge in [-0.25, -0.2) is 0 Å². The van der Waals surface area contributed by atoms with Crippen molar-refractivity contribution in [2.45, 2.75) is 50.6 Å². The molecule has 1 amide bonds. The van der Waals surface area contributed by atoms with E-state index in [1.54, 1.807) is 6.33 Å². The topological polar surface area (TPSA) is 54.3 Å². The van der Waals surface area contributed by atoms with E-state index in [0.717, 1.165) is 57.7 Å². The second kappa shape index (κ2) is 8.21. The van der Waals surface area contributed by atoms with Gasteiger partial charge in [-0.1, -0.05) is 36.8 Å². The molecular weight excluding hydrogens is 338 g/mol. The maximum atomic E-state index is 13.3.